The first-order valence-corrected chi connectivity index (χ1v) is 9.85. The zero-order valence-corrected chi connectivity index (χ0v) is 17.1. The van der Waals surface area contributed by atoms with Gasteiger partial charge in [0.25, 0.3) is 11.8 Å². The summed E-state index contributed by atoms with van der Waals surface area (Å²) in [5, 5.41) is 17.4. The number of Topliss-reactive ketones (excluding diaryl/α,β-unsaturated/α-hetero) is 1. The van der Waals surface area contributed by atoms with Gasteiger partial charge in [0.05, 0.1) is 6.42 Å². The Balaban J connectivity index is -0.0000000826. The van der Waals surface area contributed by atoms with E-state index in [0.29, 0.717) is 57.2 Å². The van der Waals surface area contributed by atoms with Crippen LogP contribution in [-0.2, 0) is 33.5 Å². The molecule has 1 aliphatic rings. The van der Waals surface area contributed by atoms with E-state index >= 15 is 0 Å². The van der Waals surface area contributed by atoms with Gasteiger partial charge in [0.1, 0.15) is 5.78 Å². The maximum Gasteiger partial charge on any atom is 0.333 e. The lowest BCUT2D eigenvalue weighted by molar-refractivity contribution is -0.197. The van der Waals surface area contributed by atoms with Crippen LogP contribution in [0.1, 0.15) is 103 Å². The van der Waals surface area contributed by atoms with Crippen LogP contribution in [-0.4, -0.2) is 78.5 Å². The van der Waals surface area contributed by atoms with Crippen LogP contribution in [0.25, 0.3) is 0 Å². The van der Waals surface area contributed by atoms with Gasteiger partial charge in [0.15, 0.2) is 0 Å². The fourth-order valence-corrected chi connectivity index (χ4v) is 2.08. The third-order valence-electron chi connectivity index (χ3n) is 3.58. The average Bonchev–Trinajstić information content (AvgIpc) is 2.99. The second-order valence-electron chi connectivity index (χ2n) is 6.33. The van der Waals surface area contributed by atoms with Crippen LogP contribution in [0.15, 0.2) is 0 Å². The summed E-state index contributed by atoms with van der Waals surface area (Å²) in [6.07, 6.45) is 3.34. The summed E-state index contributed by atoms with van der Waals surface area (Å²) in [4.78, 5) is 48.7. The number of carbonyl (C=O) groups is 4. The molecule has 0 aromatic rings. The van der Waals surface area contributed by atoms with Crippen LogP contribution < -0.4 is 0 Å². The van der Waals surface area contributed by atoms with Gasteiger partial charge in [-0.15, -0.1) is 5.06 Å². The summed E-state index contributed by atoms with van der Waals surface area (Å²) in [6, 6.07) is 0. The number of hydrogen-bond acceptors (Lipinski definition) is 9. The van der Waals surface area contributed by atoms with Crippen molar-refractivity contribution in [3.8, 4) is 0 Å². The van der Waals surface area contributed by atoms with Gasteiger partial charge in [0, 0.05) is 58.9 Å². The van der Waals surface area contributed by atoms with Crippen molar-refractivity contribution in [2.45, 2.75) is 103 Å². The van der Waals surface area contributed by atoms with E-state index in [-0.39, 0.29) is 82.8 Å². The number of nitrogens with zero attached hydrogens (tertiary/aromatic N) is 1. The number of hydrogen-bond donors (Lipinski definition) is 2. The maximum atomic E-state index is 11.3. The molecule has 0 aromatic carbocycles. The van der Waals surface area contributed by atoms with E-state index in [4.69, 9.17) is 19.7 Å². The Bertz CT molecular complexity index is 483. The normalized spacial score (nSPS) is 11.0. The fourth-order valence-electron chi connectivity index (χ4n) is 2.08. The van der Waals surface area contributed by atoms with Crippen LogP contribution in [0.2, 0.25) is 0 Å². The molecule has 10 nitrogen and oxygen atoms in total. The van der Waals surface area contributed by atoms with E-state index in [1.807, 2.05) is 0 Å². The summed E-state index contributed by atoms with van der Waals surface area (Å²) < 4.78 is 10.2. The number of aliphatic hydroxyl groups excluding tert-OH is 2. The van der Waals surface area contributed by atoms with Gasteiger partial charge < -0.3 is 29.3 Å². The molecule has 0 aliphatic carbocycles. The fraction of sp³-hybridized carbons (Fsp3) is 0.840. The Labute approximate surface area is 215 Å². The van der Waals surface area contributed by atoms with Gasteiger partial charge in [-0.1, -0.05) is 44.6 Å². The largest absolute Gasteiger partial charge is 0.396 e. The molecule has 0 spiro atoms. The molecular formula is C25H57NO9. The quantitative estimate of drug-likeness (QED) is 0.241. The predicted octanol–water partition coefficient (Wildman–Crippen LogP) is 4.34. The highest BCUT2D eigenvalue weighted by Crippen LogP contribution is 2.12. The smallest absolute Gasteiger partial charge is 0.333 e. The molecule has 0 bridgehead atoms. The predicted molar refractivity (Wildman–Crippen MR) is 142 cm³/mol. The highest BCUT2D eigenvalue weighted by atomic mass is 16.7. The topological polar surface area (TPSA) is 140 Å². The molecule has 35 heavy (non-hydrogen) atoms. The number of amides is 2. The molecule has 2 N–H and O–H groups in total. The lowest BCUT2D eigenvalue weighted by Crippen LogP contribution is -2.32. The summed E-state index contributed by atoms with van der Waals surface area (Å²) in [6.45, 7) is 3.85. The Hall–Kier alpha value is -1.88. The Morgan fingerprint density at radius 1 is 0.714 bits per heavy atom. The summed E-state index contributed by atoms with van der Waals surface area (Å²) in [7, 11) is 0. The molecule has 0 radical (unpaired) electrons. The van der Waals surface area contributed by atoms with E-state index in [0.717, 1.165) is 6.42 Å². The third-order valence-corrected chi connectivity index (χ3v) is 3.58. The molecule has 0 aromatic heterocycles. The van der Waals surface area contributed by atoms with E-state index in [2.05, 4.69) is 4.84 Å². The molecule has 1 heterocycles. The van der Waals surface area contributed by atoms with Crippen molar-refractivity contribution >= 4 is 23.6 Å². The van der Waals surface area contributed by atoms with E-state index in [1.165, 1.54) is 0 Å². The number of ketones is 1. The molecule has 0 atom stereocenters. The maximum absolute atomic E-state index is 11.3. The highest BCUT2D eigenvalue weighted by Gasteiger charge is 2.32. The third kappa shape index (κ3) is 30.1. The van der Waals surface area contributed by atoms with Gasteiger partial charge in [-0.3, -0.25) is 9.59 Å². The van der Waals surface area contributed by atoms with Crippen LogP contribution in [0, 0.1) is 0 Å². The van der Waals surface area contributed by atoms with Crippen molar-refractivity contribution in [3.63, 3.8) is 0 Å². The lowest BCUT2D eigenvalue weighted by Gasteiger charge is -2.12. The van der Waals surface area contributed by atoms with E-state index < -0.39 is 17.8 Å². The number of aliphatic hydroxyl groups is 2. The molecule has 1 fully saturated rings. The van der Waals surface area contributed by atoms with Crippen LogP contribution in [0.4, 0.5) is 0 Å². The zero-order valence-electron chi connectivity index (χ0n) is 17.1. The van der Waals surface area contributed by atoms with Crippen LogP contribution in [0.3, 0.4) is 0 Å². The molecule has 10 heteroatoms. The van der Waals surface area contributed by atoms with E-state index in [9.17, 15) is 19.2 Å². The molecule has 1 saturated heterocycles. The van der Waals surface area contributed by atoms with Crippen LogP contribution >= 0.6 is 0 Å². The first-order chi connectivity index (χ1) is 13.9. The first-order valence-electron chi connectivity index (χ1n) is 9.85. The van der Waals surface area contributed by atoms with Gasteiger partial charge in [-0.2, -0.15) is 0 Å². The standard InChI is InChI=1S/C11H17NO6.C8H16O3.6CH4/c13-6-2-8-17-7-1-3-11(16)18-12-9(14)4-5-10(12)15;1-8(10)4-2-6-11-7-3-5-9;;;;;;/h13H,1-8H2;9H,2-7H2,1H3;6*1H4. The van der Waals surface area contributed by atoms with Crippen molar-refractivity contribution in [2.24, 2.45) is 0 Å². The minimum absolute atomic E-state index is 0. The zero-order chi connectivity index (χ0) is 21.9. The molecule has 2 amide bonds. The lowest BCUT2D eigenvalue weighted by atomic mass is 10.2. The number of ether oxygens (including phenoxy) is 2. The van der Waals surface area contributed by atoms with Gasteiger partial charge in [-0.05, 0) is 32.6 Å². The van der Waals surface area contributed by atoms with Crippen molar-refractivity contribution in [3.05, 3.63) is 0 Å². The SMILES string of the molecule is C.C.C.C.C.C.CC(=O)CCCOCCCO.O=C(CCCOCCCO)ON1C(=O)CCC1=O. The number of carbonyl (C=O) groups excluding carboxylic acids is 4. The minimum Gasteiger partial charge on any atom is -0.396 e. The second-order valence-corrected chi connectivity index (χ2v) is 6.33. The molecule has 1 aliphatic heterocycles. The molecule has 216 valence electrons. The van der Waals surface area contributed by atoms with Crippen molar-refractivity contribution in [1.82, 2.24) is 5.06 Å². The van der Waals surface area contributed by atoms with Crippen LogP contribution in [0.5, 0.6) is 0 Å². The highest BCUT2D eigenvalue weighted by molar-refractivity contribution is 6.01. The Morgan fingerprint density at radius 2 is 1.09 bits per heavy atom. The molecule has 1 rings (SSSR count). The number of rotatable bonds is 15. The second kappa shape index (κ2) is 34.3. The summed E-state index contributed by atoms with van der Waals surface area (Å²) in [5.41, 5.74) is 0. The van der Waals surface area contributed by atoms with Crippen molar-refractivity contribution < 1.29 is 43.7 Å². The summed E-state index contributed by atoms with van der Waals surface area (Å²) in [5.74, 6) is -1.37. The molecule has 0 saturated carbocycles. The average molecular weight is 516 g/mol. The Kier molecular flexibility index (Phi) is 49.1. The number of hydroxylamine groups is 2. The van der Waals surface area contributed by atoms with Crippen molar-refractivity contribution in [2.75, 3.05) is 39.6 Å². The first kappa shape index (κ1) is 50.1. The Morgan fingerprint density at radius 3 is 1.46 bits per heavy atom. The van der Waals surface area contributed by atoms with Gasteiger partial charge in [0.2, 0.25) is 0 Å². The van der Waals surface area contributed by atoms with Crippen molar-refractivity contribution in [1.29, 1.82) is 0 Å². The van der Waals surface area contributed by atoms with E-state index in [1.54, 1.807) is 6.92 Å². The van der Waals surface area contributed by atoms with Gasteiger partial charge >= 0.3 is 5.97 Å². The number of imide groups is 1. The molecule has 0 unspecified atom stereocenters. The van der Waals surface area contributed by atoms with Gasteiger partial charge in [-0.25, -0.2) is 4.79 Å². The summed E-state index contributed by atoms with van der Waals surface area (Å²) >= 11 is 0. The molecular weight excluding hydrogens is 458 g/mol. The monoisotopic (exact) mass is 515 g/mol. The minimum atomic E-state index is -0.621.